The molecular weight excluding hydrogens is 831 g/mol. The molecule has 0 saturated heterocycles. The molecule has 69 heavy (non-hydrogen) atoms. The fourth-order valence-electron chi connectivity index (χ4n) is 9.43. The van der Waals surface area contributed by atoms with Crippen molar-refractivity contribution in [2.24, 2.45) is 0 Å². The van der Waals surface area contributed by atoms with Crippen LogP contribution in [0.25, 0.3) is 72.4 Å². The number of allylic oxidation sites excluding steroid dienone is 16. The Balaban J connectivity index is 0.00000156. The molecule has 338 valence electrons. The second-order valence-electron chi connectivity index (χ2n) is 17.0. The lowest BCUT2D eigenvalue weighted by atomic mass is 9.86. The van der Waals surface area contributed by atoms with Gasteiger partial charge in [-0.3, -0.25) is 0 Å². The Morgan fingerprint density at radius 3 is 1.59 bits per heavy atom. The summed E-state index contributed by atoms with van der Waals surface area (Å²) < 4.78 is 0. The number of rotatable bonds is 9. The van der Waals surface area contributed by atoms with Crippen molar-refractivity contribution in [1.82, 2.24) is 0 Å². The zero-order valence-corrected chi connectivity index (χ0v) is 40.7. The van der Waals surface area contributed by atoms with Gasteiger partial charge in [-0.25, -0.2) is 0 Å². The Bertz CT molecular complexity index is 3230. The second kappa shape index (κ2) is 23.1. The van der Waals surface area contributed by atoms with Crippen LogP contribution in [0.3, 0.4) is 0 Å². The molecule has 0 N–H and O–H groups in total. The zero-order valence-electron chi connectivity index (χ0n) is 40.7. The van der Waals surface area contributed by atoms with Crippen LogP contribution in [0.2, 0.25) is 0 Å². The van der Waals surface area contributed by atoms with Crippen LogP contribution in [-0.4, -0.2) is 0 Å². The Kier molecular flexibility index (Phi) is 15.9. The molecule has 1 heteroatoms. The molecule has 7 aromatic rings. The Morgan fingerprint density at radius 1 is 0.406 bits per heavy atom. The van der Waals surface area contributed by atoms with Crippen LogP contribution in [-0.2, 0) is 0 Å². The summed E-state index contributed by atoms with van der Waals surface area (Å²) in [5.41, 5.74) is 22.6. The van der Waals surface area contributed by atoms with Gasteiger partial charge in [0.05, 0.1) is 5.56 Å². The molecule has 7 aromatic carbocycles. The van der Waals surface area contributed by atoms with Gasteiger partial charge in [0, 0.05) is 5.56 Å². The maximum Gasteiger partial charge on any atom is 0.100 e. The maximum atomic E-state index is 10.8. The summed E-state index contributed by atoms with van der Waals surface area (Å²) in [5, 5.41) is 10.8. The molecule has 0 bridgehead atoms. The highest BCUT2D eigenvalue weighted by molar-refractivity contribution is 5.97. The average Bonchev–Trinajstić information content (AvgIpc) is 3.85. The summed E-state index contributed by atoms with van der Waals surface area (Å²) in [6.07, 6.45) is 28.2. The summed E-state index contributed by atoms with van der Waals surface area (Å²) in [6.45, 7) is 10.3. The van der Waals surface area contributed by atoms with E-state index in [1.807, 2.05) is 27.7 Å². The molecule has 0 radical (unpaired) electrons. The van der Waals surface area contributed by atoms with Crippen molar-refractivity contribution in [3.05, 3.63) is 270 Å². The molecule has 0 atom stereocenters. The number of nitrogens with zero attached hydrogens (tertiary/aromatic N) is 1. The van der Waals surface area contributed by atoms with E-state index in [1.54, 1.807) is 0 Å². The Morgan fingerprint density at radius 2 is 0.942 bits per heavy atom. The molecule has 0 aromatic heterocycles. The van der Waals surface area contributed by atoms with Crippen molar-refractivity contribution in [2.45, 2.75) is 60.3 Å². The van der Waals surface area contributed by atoms with Crippen molar-refractivity contribution in [3.8, 4) is 50.6 Å². The van der Waals surface area contributed by atoms with Crippen LogP contribution in [0.4, 0.5) is 0 Å². The summed E-state index contributed by atoms with van der Waals surface area (Å²) >= 11 is 0. The zero-order chi connectivity index (χ0) is 48.0. The van der Waals surface area contributed by atoms with E-state index in [0.717, 1.165) is 52.7 Å². The summed E-state index contributed by atoms with van der Waals surface area (Å²) in [4.78, 5) is 0. The van der Waals surface area contributed by atoms with Crippen LogP contribution < -0.4 is 0 Å². The highest BCUT2D eigenvalue weighted by atomic mass is 14.3. The molecule has 1 nitrogen and oxygen atoms in total. The van der Waals surface area contributed by atoms with Crippen molar-refractivity contribution < 1.29 is 0 Å². The second-order valence-corrected chi connectivity index (χ2v) is 17.0. The molecule has 0 fully saturated rings. The first kappa shape index (κ1) is 47.4. The fraction of sp³-hybridized carbons (Fsp3) is 0.132. The van der Waals surface area contributed by atoms with Gasteiger partial charge >= 0.3 is 0 Å². The van der Waals surface area contributed by atoms with Gasteiger partial charge in [-0.05, 0) is 175 Å². The molecule has 0 amide bonds. The summed E-state index contributed by atoms with van der Waals surface area (Å²) in [7, 11) is 0. The third kappa shape index (κ3) is 10.9. The topological polar surface area (TPSA) is 23.8 Å². The highest BCUT2D eigenvalue weighted by Gasteiger charge is 2.19. The summed E-state index contributed by atoms with van der Waals surface area (Å²) in [6, 6.07) is 62.0. The van der Waals surface area contributed by atoms with E-state index >= 15 is 0 Å². The molecule has 3 aliphatic rings. The molecule has 3 aliphatic carbocycles. The lowest BCUT2D eigenvalue weighted by Crippen LogP contribution is -1.95. The Hall–Kier alpha value is -8.05. The molecule has 0 spiro atoms. The molecule has 0 aliphatic heterocycles. The van der Waals surface area contributed by atoms with E-state index in [2.05, 4.69) is 244 Å². The quantitative estimate of drug-likeness (QED) is 0.142. The van der Waals surface area contributed by atoms with Crippen LogP contribution in [0, 0.1) is 18.3 Å². The number of nitriles is 1. The number of hydrogen-bond acceptors (Lipinski definition) is 1. The van der Waals surface area contributed by atoms with E-state index in [1.165, 1.54) is 72.3 Å². The first-order chi connectivity index (χ1) is 34.1. The largest absolute Gasteiger partial charge is 0.192 e. The van der Waals surface area contributed by atoms with E-state index in [0.29, 0.717) is 12.0 Å². The van der Waals surface area contributed by atoms with Gasteiger partial charge in [0.2, 0.25) is 0 Å². The molecular formula is C68H61N. The normalized spacial score (nSPS) is 13.9. The third-order valence-corrected chi connectivity index (χ3v) is 12.8. The van der Waals surface area contributed by atoms with Gasteiger partial charge in [-0.2, -0.15) is 5.26 Å². The smallest absolute Gasteiger partial charge is 0.100 e. The molecule has 0 saturated carbocycles. The minimum Gasteiger partial charge on any atom is -0.192 e. The van der Waals surface area contributed by atoms with Gasteiger partial charge in [0.1, 0.15) is 6.07 Å². The van der Waals surface area contributed by atoms with Gasteiger partial charge in [-0.15, -0.1) is 0 Å². The van der Waals surface area contributed by atoms with Gasteiger partial charge in [0.15, 0.2) is 0 Å². The lowest BCUT2D eigenvalue weighted by Gasteiger charge is -2.18. The van der Waals surface area contributed by atoms with E-state index < -0.39 is 0 Å². The number of benzene rings is 7. The van der Waals surface area contributed by atoms with Crippen LogP contribution in [0.5, 0.6) is 0 Å². The Labute approximate surface area is 411 Å². The van der Waals surface area contributed by atoms with E-state index in [4.69, 9.17) is 0 Å². The van der Waals surface area contributed by atoms with Crippen molar-refractivity contribution in [2.75, 3.05) is 0 Å². The fourth-order valence-corrected chi connectivity index (χ4v) is 9.43. The first-order valence-electron chi connectivity index (χ1n) is 24.7. The summed E-state index contributed by atoms with van der Waals surface area (Å²) in [5.74, 6) is 0. The van der Waals surface area contributed by atoms with Gasteiger partial charge in [-0.1, -0.05) is 216 Å². The van der Waals surface area contributed by atoms with Crippen molar-refractivity contribution in [3.63, 3.8) is 0 Å². The SMILES string of the molecule is CC.CC.Cc1c(-c2ccccc2)cccc1-c1cc(C2=CC(c3ccccc3)=CC(c3cccc(C4=CC=CCC=C4)c3C#N)=CC2)cc(-c2cc(C3=CCCC=C3)cc(-c3ccccc3)c2)c1. The van der Waals surface area contributed by atoms with Crippen molar-refractivity contribution >= 4 is 27.9 Å². The first-order valence-corrected chi connectivity index (χ1v) is 24.7. The highest BCUT2D eigenvalue weighted by Crippen LogP contribution is 2.41. The lowest BCUT2D eigenvalue weighted by molar-refractivity contribution is 1.04. The predicted octanol–water partition coefficient (Wildman–Crippen LogP) is 19.2. The van der Waals surface area contributed by atoms with Crippen LogP contribution >= 0.6 is 0 Å². The molecule has 0 heterocycles. The van der Waals surface area contributed by atoms with E-state index in [9.17, 15) is 5.26 Å². The minimum atomic E-state index is 0.682. The minimum absolute atomic E-state index is 0.682. The monoisotopic (exact) mass is 891 g/mol. The van der Waals surface area contributed by atoms with Crippen molar-refractivity contribution in [1.29, 1.82) is 5.26 Å². The standard InChI is InChI=1S/C64H49N.2C2H6/c1-45-60(49-26-16-7-17-27-49)30-18-31-61(45)59-42-56(41-58(43-59)57-39-54(47-22-12-5-13-23-47)38-55(40-57)48-24-14-6-15-25-48)51-34-35-52(37-53(36-51)46-20-10-4-11-21-46)63-33-19-32-62(64(63)44-65)50-28-8-2-3-9-29-50;2*1-2/h2,4-5,7-14,16-33,35-43H,3,6,15,34H2,1H3;2*1-2H3. The van der Waals surface area contributed by atoms with E-state index in [-0.39, 0.29) is 0 Å². The third-order valence-electron chi connectivity index (χ3n) is 12.8. The average molecular weight is 892 g/mol. The predicted molar refractivity (Wildman–Crippen MR) is 299 cm³/mol. The van der Waals surface area contributed by atoms with Crippen LogP contribution in [0.1, 0.15) is 92.3 Å². The maximum absolute atomic E-state index is 10.8. The molecule has 0 unspecified atom stereocenters. The van der Waals surface area contributed by atoms with Gasteiger partial charge in [0.25, 0.3) is 0 Å². The molecule has 10 rings (SSSR count). The number of hydrogen-bond donors (Lipinski definition) is 0. The van der Waals surface area contributed by atoms with Gasteiger partial charge < -0.3 is 0 Å². The van der Waals surface area contributed by atoms with Crippen LogP contribution in [0.15, 0.2) is 231 Å².